The fourth-order valence-corrected chi connectivity index (χ4v) is 4.25. The van der Waals surface area contributed by atoms with Gasteiger partial charge in [0, 0.05) is 29.7 Å². The number of hydrogen-bond donors (Lipinski definition) is 2. The minimum Gasteiger partial charge on any atom is -0.364 e. The average Bonchev–Trinajstić information content (AvgIpc) is 3.44. The molecule has 1 amide bonds. The Hall–Kier alpha value is -2.86. The average molecular weight is 392 g/mol. The van der Waals surface area contributed by atoms with Crippen molar-refractivity contribution in [3.8, 4) is 0 Å². The molecule has 1 aromatic carbocycles. The summed E-state index contributed by atoms with van der Waals surface area (Å²) >= 11 is 0. The van der Waals surface area contributed by atoms with Crippen LogP contribution >= 0.6 is 0 Å². The zero-order chi connectivity index (χ0) is 20.2. The number of rotatable bonds is 7. The number of benzene rings is 1. The fourth-order valence-electron chi connectivity index (χ4n) is 4.25. The first kappa shape index (κ1) is 19.5. The molecule has 2 N–H and O–H groups in total. The van der Waals surface area contributed by atoms with Gasteiger partial charge in [-0.2, -0.15) is 5.10 Å². The minimum absolute atomic E-state index is 0.0677. The third-order valence-electron chi connectivity index (χ3n) is 5.86. The van der Waals surface area contributed by atoms with Crippen LogP contribution in [-0.2, 0) is 17.9 Å². The highest BCUT2D eigenvalue weighted by molar-refractivity contribution is 5.78. The maximum Gasteiger partial charge on any atom is 0.234 e. The minimum atomic E-state index is 0.0677. The molecule has 4 rings (SSSR count). The lowest BCUT2D eigenvalue weighted by molar-refractivity contribution is -0.122. The summed E-state index contributed by atoms with van der Waals surface area (Å²) in [6.07, 6.45) is 4.17. The molecule has 6 heteroatoms. The third-order valence-corrected chi connectivity index (χ3v) is 5.86. The number of nitrogens with zero attached hydrogens (tertiary/aromatic N) is 3. The van der Waals surface area contributed by atoms with Crippen LogP contribution in [0.25, 0.3) is 0 Å². The molecule has 0 bridgehead atoms. The van der Waals surface area contributed by atoms with E-state index >= 15 is 0 Å². The smallest absolute Gasteiger partial charge is 0.234 e. The van der Waals surface area contributed by atoms with E-state index in [2.05, 4.69) is 45.4 Å². The van der Waals surface area contributed by atoms with Crippen LogP contribution in [0.3, 0.4) is 0 Å². The standard InChI is InChI=1S/C23H29N5O/c1-17-20(18(2)28(26-17)15-19-8-4-3-5-9-19)14-25-23(29)16-27-13-7-11-22(27)21-10-6-12-24-21/h3-6,8-10,12,22,24H,7,11,13-16H2,1-2H3,(H,25,29). The van der Waals surface area contributed by atoms with Gasteiger partial charge in [0.2, 0.25) is 5.91 Å². The molecule has 6 nitrogen and oxygen atoms in total. The van der Waals surface area contributed by atoms with Crippen LogP contribution in [0, 0.1) is 13.8 Å². The molecular weight excluding hydrogens is 362 g/mol. The first-order valence-electron chi connectivity index (χ1n) is 10.3. The summed E-state index contributed by atoms with van der Waals surface area (Å²) in [4.78, 5) is 18.2. The van der Waals surface area contributed by atoms with Crippen LogP contribution in [0.15, 0.2) is 48.7 Å². The molecular formula is C23H29N5O. The van der Waals surface area contributed by atoms with E-state index in [9.17, 15) is 4.79 Å². The summed E-state index contributed by atoms with van der Waals surface area (Å²) in [5.41, 5.74) is 5.61. The van der Waals surface area contributed by atoms with Crippen molar-refractivity contribution in [2.24, 2.45) is 0 Å². The first-order chi connectivity index (χ1) is 14.1. The molecule has 1 saturated heterocycles. The molecule has 29 heavy (non-hydrogen) atoms. The van der Waals surface area contributed by atoms with Crippen molar-refractivity contribution in [3.63, 3.8) is 0 Å². The Morgan fingerprint density at radius 3 is 2.79 bits per heavy atom. The van der Waals surface area contributed by atoms with Crippen molar-refractivity contribution in [2.45, 2.75) is 45.8 Å². The lowest BCUT2D eigenvalue weighted by Gasteiger charge is -2.23. The number of aryl methyl sites for hydroxylation is 1. The molecule has 0 saturated carbocycles. The number of H-pyrrole nitrogens is 1. The lowest BCUT2D eigenvalue weighted by Crippen LogP contribution is -2.36. The van der Waals surface area contributed by atoms with Crippen LogP contribution in [-0.4, -0.2) is 38.7 Å². The van der Waals surface area contributed by atoms with E-state index in [-0.39, 0.29) is 5.91 Å². The fraction of sp³-hybridized carbons (Fsp3) is 0.391. The maximum absolute atomic E-state index is 12.6. The van der Waals surface area contributed by atoms with Crippen molar-refractivity contribution in [3.05, 3.63) is 76.9 Å². The Balaban J connectivity index is 1.36. The Morgan fingerprint density at radius 1 is 1.21 bits per heavy atom. The molecule has 1 aliphatic heterocycles. The van der Waals surface area contributed by atoms with Crippen molar-refractivity contribution in [1.82, 2.24) is 25.0 Å². The van der Waals surface area contributed by atoms with Gasteiger partial charge in [-0.05, 0) is 50.9 Å². The summed E-state index contributed by atoms with van der Waals surface area (Å²) < 4.78 is 2.02. The predicted molar refractivity (Wildman–Crippen MR) is 113 cm³/mol. The van der Waals surface area contributed by atoms with Gasteiger partial charge in [0.1, 0.15) is 0 Å². The molecule has 3 aromatic rings. The summed E-state index contributed by atoms with van der Waals surface area (Å²) in [6, 6.07) is 14.8. The van der Waals surface area contributed by atoms with Crippen molar-refractivity contribution < 1.29 is 4.79 Å². The summed E-state index contributed by atoms with van der Waals surface area (Å²) in [5, 5.41) is 7.79. The Morgan fingerprint density at radius 2 is 2.03 bits per heavy atom. The number of carbonyl (C=O) groups is 1. The second-order valence-corrected chi connectivity index (χ2v) is 7.82. The number of hydrogen-bond acceptors (Lipinski definition) is 3. The van der Waals surface area contributed by atoms with Crippen molar-refractivity contribution in [2.75, 3.05) is 13.1 Å². The molecule has 0 aliphatic carbocycles. The third kappa shape index (κ3) is 4.43. The first-order valence-corrected chi connectivity index (χ1v) is 10.3. The lowest BCUT2D eigenvalue weighted by atomic mass is 10.1. The van der Waals surface area contributed by atoms with Crippen molar-refractivity contribution in [1.29, 1.82) is 0 Å². The van der Waals surface area contributed by atoms with E-state index < -0.39 is 0 Å². The number of nitrogens with one attached hydrogen (secondary N) is 2. The Kier molecular flexibility index (Phi) is 5.81. The highest BCUT2D eigenvalue weighted by Crippen LogP contribution is 2.30. The van der Waals surface area contributed by atoms with E-state index in [0.29, 0.717) is 19.1 Å². The number of carbonyl (C=O) groups excluding carboxylic acids is 1. The normalized spacial score (nSPS) is 17.0. The van der Waals surface area contributed by atoms with E-state index in [4.69, 9.17) is 0 Å². The number of aromatic amines is 1. The quantitative estimate of drug-likeness (QED) is 0.649. The topological polar surface area (TPSA) is 66.0 Å². The van der Waals surface area contributed by atoms with Crippen LogP contribution in [0.1, 0.15) is 47.1 Å². The van der Waals surface area contributed by atoms with E-state index in [1.165, 1.54) is 11.3 Å². The van der Waals surface area contributed by atoms with Gasteiger partial charge in [-0.15, -0.1) is 0 Å². The van der Waals surface area contributed by atoms with Crippen LogP contribution in [0.5, 0.6) is 0 Å². The van der Waals surface area contributed by atoms with Gasteiger partial charge < -0.3 is 10.3 Å². The number of aromatic nitrogens is 3. The number of likely N-dealkylation sites (tertiary alicyclic amines) is 1. The van der Waals surface area contributed by atoms with Gasteiger partial charge in [0.05, 0.1) is 24.8 Å². The van der Waals surface area contributed by atoms with Gasteiger partial charge in [-0.3, -0.25) is 14.4 Å². The largest absolute Gasteiger partial charge is 0.364 e. The van der Waals surface area contributed by atoms with Crippen LogP contribution < -0.4 is 5.32 Å². The van der Waals surface area contributed by atoms with Gasteiger partial charge in [0.25, 0.3) is 0 Å². The molecule has 1 unspecified atom stereocenters. The second kappa shape index (κ2) is 8.66. The van der Waals surface area contributed by atoms with Gasteiger partial charge in [-0.1, -0.05) is 30.3 Å². The zero-order valence-corrected chi connectivity index (χ0v) is 17.2. The SMILES string of the molecule is Cc1nn(Cc2ccccc2)c(C)c1CNC(=O)CN1CCCC1c1ccc[nH]1. The second-order valence-electron chi connectivity index (χ2n) is 7.82. The van der Waals surface area contributed by atoms with E-state index in [1.807, 2.05) is 42.1 Å². The molecule has 2 aromatic heterocycles. The van der Waals surface area contributed by atoms with Crippen molar-refractivity contribution >= 4 is 5.91 Å². The van der Waals surface area contributed by atoms with Crippen LogP contribution in [0.4, 0.5) is 0 Å². The molecule has 1 atom stereocenters. The Bertz CT molecular complexity index is 945. The van der Waals surface area contributed by atoms with Gasteiger partial charge in [0.15, 0.2) is 0 Å². The van der Waals surface area contributed by atoms with Gasteiger partial charge in [-0.25, -0.2) is 0 Å². The highest BCUT2D eigenvalue weighted by atomic mass is 16.2. The summed E-state index contributed by atoms with van der Waals surface area (Å²) in [5.74, 6) is 0.0677. The maximum atomic E-state index is 12.6. The Labute approximate surface area is 171 Å². The molecule has 0 radical (unpaired) electrons. The molecule has 1 fully saturated rings. The zero-order valence-electron chi connectivity index (χ0n) is 17.2. The molecule has 152 valence electrons. The molecule has 3 heterocycles. The summed E-state index contributed by atoms with van der Waals surface area (Å²) in [6.45, 7) is 6.74. The highest BCUT2D eigenvalue weighted by Gasteiger charge is 2.28. The molecule has 1 aliphatic rings. The van der Waals surface area contributed by atoms with E-state index in [0.717, 1.165) is 42.9 Å². The summed E-state index contributed by atoms with van der Waals surface area (Å²) in [7, 11) is 0. The molecule has 0 spiro atoms. The van der Waals surface area contributed by atoms with Gasteiger partial charge >= 0.3 is 0 Å². The predicted octanol–water partition coefficient (Wildman–Crippen LogP) is 3.33. The number of amides is 1. The van der Waals surface area contributed by atoms with Crippen LogP contribution in [0.2, 0.25) is 0 Å². The monoisotopic (exact) mass is 391 g/mol. The van der Waals surface area contributed by atoms with E-state index in [1.54, 1.807) is 0 Å².